The zero-order valence-corrected chi connectivity index (χ0v) is 18.3. The van der Waals surface area contributed by atoms with Crippen molar-refractivity contribution in [1.82, 2.24) is 10.2 Å². The maximum Gasteiger partial charge on any atom is 0.261 e. The minimum absolute atomic E-state index is 0.00499. The second kappa shape index (κ2) is 9.22. The van der Waals surface area contributed by atoms with Crippen LogP contribution in [0.1, 0.15) is 36.7 Å². The van der Waals surface area contributed by atoms with Crippen LogP contribution in [0.2, 0.25) is 0 Å². The molecule has 1 N–H and O–H groups in total. The number of fused-ring (bicyclic) bond motifs is 1. The van der Waals surface area contributed by atoms with E-state index in [9.17, 15) is 9.59 Å². The Morgan fingerprint density at radius 3 is 2.39 bits per heavy atom. The van der Waals surface area contributed by atoms with Gasteiger partial charge >= 0.3 is 0 Å². The Morgan fingerprint density at radius 1 is 1.03 bits per heavy atom. The highest BCUT2D eigenvalue weighted by atomic mass is 32.1. The Balaban J connectivity index is 1.40. The van der Waals surface area contributed by atoms with E-state index in [-0.39, 0.29) is 11.8 Å². The fraction of sp³-hybridized carbons (Fsp3) is 0.250. The number of hydrogen-bond acceptors (Lipinski definition) is 5. The standard InChI is InChI=1S/C24H24N2O4S/c1-29-20-12-18-9-10-26(15-19(18)13-21(20)30-2)24(28)17-7-5-16(6-8-17)14-25-23(27)22-4-3-11-31-22/h3-8,11-13H,9-10,14-15H2,1-2H3,(H,25,27). The molecule has 0 radical (unpaired) electrons. The summed E-state index contributed by atoms with van der Waals surface area (Å²) in [7, 11) is 3.24. The Kier molecular flexibility index (Phi) is 6.23. The first-order valence-corrected chi connectivity index (χ1v) is 10.9. The van der Waals surface area contributed by atoms with Gasteiger partial charge in [-0.2, -0.15) is 0 Å². The maximum absolute atomic E-state index is 13.0. The molecule has 0 saturated carbocycles. The fourth-order valence-electron chi connectivity index (χ4n) is 3.68. The van der Waals surface area contributed by atoms with Crippen molar-refractivity contribution in [3.8, 4) is 11.5 Å². The number of amides is 2. The molecule has 31 heavy (non-hydrogen) atoms. The van der Waals surface area contributed by atoms with Crippen LogP contribution in [0.4, 0.5) is 0 Å². The first kappa shape index (κ1) is 20.9. The van der Waals surface area contributed by atoms with Crippen molar-refractivity contribution in [1.29, 1.82) is 0 Å². The smallest absolute Gasteiger partial charge is 0.261 e. The van der Waals surface area contributed by atoms with E-state index in [1.807, 2.05) is 52.7 Å². The number of carbonyl (C=O) groups is 2. The number of thiophene rings is 1. The molecule has 0 unspecified atom stereocenters. The summed E-state index contributed by atoms with van der Waals surface area (Å²) in [4.78, 5) is 27.6. The van der Waals surface area contributed by atoms with Crippen molar-refractivity contribution in [2.45, 2.75) is 19.5 Å². The lowest BCUT2D eigenvalue weighted by molar-refractivity contribution is 0.0734. The van der Waals surface area contributed by atoms with Crippen molar-refractivity contribution in [2.24, 2.45) is 0 Å². The molecule has 7 heteroatoms. The molecule has 6 nitrogen and oxygen atoms in total. The third-order valence-corrected chi connectivity index (χ3v) is 6.27. The summed E-state index contributed by atoms with van der Waals surface area (Å²) in [6.07, 6.45) is 0.772. The van der Waals surface area contributed by atoms with E-state index in [1.165, 1.54) is 16.9 Å². The van der Waals surface area contributed by atoms with Gasteiger partial charge in [0.05, 0.1) is 19.1 Å². The lowest BCUT2D eigenvalue weighted by atomic mass is 9.98. The minimum Gasteiger partial charge on any atom is -0.493 e. The Morgan fingerprint density at radius 2 is 1.74 bits per heavy atom. The van der Waals surface area contributed by atoms with E-state index in [4.69, 9.17) is 9.47 Å². The van der Waals surface area contributed by atoms with Gasteiger partial charge in [-0.05, 0) is 58.8 Å². The highest BCUT2D eigenvalue weighted by Gasteiger charge is 2.23. The Hall–Kier alpha value is -3.32. The van der Waals surface area contributed by atoms with Gasteiger partial charge in [-0.15, -0.1) is 11.3 Å². The zero-order chi connectivity index (χ0) is 21.8. The number of benzene rings is 2. The lowest BCUT2D eigenvalue weighted by Gasteiger charge is -2.29. The van der Waals surface area contributed by atoms with Crippen LogP contribution in [0.3, 0.4) is 0 Å². The van der Waals surface area contributed by atoms with Gasteiger partial charge in [0, 0.05) is 25.2 Å². The summed E-state index contributed by atoms with van der Waals surface area (Å²) < 4.78 is 10.8. The average Bonchev–Trinajstić information content (AvgIpc) is 3.36. The molecule has 3 aromatic rings. The van der Waals surface area contributed by atoms with Gasteiger partial charge in [0.2, 0.25) is 0 Å². The van der Waals surface area contributed by atoms with Crippen molar-refractivity contribution >= 4 is 23.2 Å². The number of rotatable bonds is 6. The van der Waals surface area contributed by atoms with Crippen molar-refractivity contribution in [3.05, 3.63) is 81.0 Å². The second-order valence-corrected chi connectivity index (χ2v) is 8.26. The molecule has 0 saturated heterocycles. The lowest BCUT2D eigenvalue weighted by Crippen LogP contribution is -2.36. The molecule has 1 aliphatic heterocycles. The van der Waals surface area contributed by atoms with Gasteiger partial charge in [0.15, 0.2) is 11.5 Å². The van der Waals surface area contributed by atoms with Crippen LogP contribution in [0.25, 0.3) is 0 Å². The van der Waals surface area contributed by atoms with Crippen LogP contribution in [0, 0.1) is 0 Å². The molecule has 4 rings (SSSR count). The van der Waals surface area contributed by atoms with E-state index in [2.05, 4.69) is 5.32 Å². The largest absolute Gasteiger partial charge is 0.493 e. The van der Waals surface area contributed by atoms with Gasteiger partial charge in [-0.3, -0.25) is 9.59 Å². The van der Waals surface area contributed by atoms with Gasteiger partial charge < -0.3 is 19.7 Å². The molecular weight excluding hydrogens is 412 g/mol. The van der Waals surface area contributed by atoms with Gasteiger partial charge in [0.1, 0.15) is 0 Å². The van der Waals surface area contributed by atoms with E-state index < -0.39 is 0 Å². The van der Waals surface area contributed by atoms with E-state index >= 15 is 0 Å². The molecule has 1 aromatic heterocycles. The maximum atomic E-state index is 13.0. The SMILES string of the molecule is COc1cc2c(cc1OC)CN(C(=O)c1ccc(CNC(=O)c3cccs3)cc1)CC2. The predicted molar refractivity (Wildman–Crippen MR) is 120 cm³/mol. The van der Waals surface area contributed by atoms with Crippen LogP contribution in [-0.4, -0.2) is 37.5 Å². The number of nitrogens with one attached hydrogen (secondary N) is 1. The summed E-state index contributed by atoms with van der Waals surface area (Å²) in [6.45, 7) is 1.61. The fourth-order valence-corrected chi connectivity index (χ4v) is 4.32. The first-order valence-electron chi connectivity index (χ1n) is 10.0. The predicted octanol–water partition coefficient (Wildman–Crippen LogP) is 3.89. The number of hydrogen-bond donors (Lipinski definition) is 1. The minimum atomic E-state index is -0.0887. The monoisotopic (exact) mass is 436 g/mol. The topological polar surface area (TPSA) is 67.9 Å². The molecule has 0 bridgehead atoms. The number of ether oxygens (including phenoxy) is 2. The summed E-state index contributed by atoms with van der Waals surface area (Å²) in [5.74, 6) is 1.29. The number of carbonyl (C=O) groups excluding carboxylic acids is 2. The molecule has 0 aliphatic carbocycles. The van der Waals surface area contributed by atoms with E-state index in [1.54, 1.807) is 20.3 Å². The molecule has 0 atom stereocenters. The van der Waals surface area contributed by atoms with Gasteiger partial charge in [0.25, 0.3) is 11.8 Å². The molecule has 160 valence electrons. The summed E-state index contributed by atoms with van der Waals surface area (Å²) in [6, 6.07) is 15.0. The molecule has 2 amide bonds. The molecule has 2 heterocycles. The van der Waals surface area contributed by atoms with E-state index in [0.717, 1.165) is 17.5 Å². The number of methoxy groups -OCH3 is 2. The Bertz CT molecular complexity index is 1080. The molecule has 0 spiro atoms. The van der Waals surface area contributed by atoms with Crippen molar-refractivity contribution in [3.63, 3.8) is 0 Å². The van der Waals surface area contributed by atoms with Crippen LogP contribution >= 0.6 is 11.3 Å². The van der Waals surface area contributed by atoms with Crippen LogP contribution in [0.15, 0.2) is 53.9 Å². The van der Waals surface area contributed by atoms with Gasteiger partial charge in [-0.1, -0.05) is 18.2 Å². The van der Waals surface area contributed by atoms with Crippen molar-refractivity contribution < 1.29 is 19.1 Å². The Labute approximate surface area is 185 Å². The first-order chi connectivity index (χ1) is 15.1. The van der Waals surface area contributed by atoms with Crippen molar-refractivity contribution in [2.75, 3.05) is 20.8 Å². The normalized spacial score (nSPS) is 12.8. The zero-order valence-electron chi connectivity index (χ0n) is 17.5. The quantitative estimate of drug-likeness (QED) is 0.637. The summed E-state index contributed by atoms with van der Waals surface area (Å²) in [5, 5.41) is 4.77. The average molecular weight is 437 g/mol. The highest BCUT2D eigenvalue weighted by Crippen LogP contribution is 2.33. The molecule has 1 aliphatic rings. The second-order valence-electron chi connectivity index (χ2n) is 7.31. The molecule has 0 fully saturated rings. The molecule has 2 aromatic carbocycles. The van der Waals surface area contributed by atoms with Crippen LogP contribution in [-0.2, 0) is 19.5 Å². The van der Waals surface area contributed by atoms with Gasteiger partial charge in [-0.25, -0.2) is 0 Å². The van der Waals surface area contributed by atoms with Crippen LogP contribution in [0.5, 0.6) is 11.5 Å². The third-order valence-electron chi connectivity index (χ3n) is 5.40. The number of nitrogens with zero attached hydrogens (tertiary/aromatic N) is 1. The highest BCUT2D eigenvalue weighted by molar-refractivity contribution is 7.12. The summed E-state index contributed by atoms with van der Waals surface area (Å²) in [5.41, 5.74) is 3.84. The van der Waals surface area contributed by atoms with E-state index in [0.29, 0.717) is 41.6 Å². The third kappa shape index (κ3) is 4.56. The van der Waals surface area contributed by atoms with Crippen LogP contribution < -0.4 is 14.8 Å². The molecular formula is C24H24N2O4S. The summed E-state index contributed by atoms with van der Waals surface area (Å²) >= 11 is 1.41.